The molecule has 1 aliphatic heterocycles. The zero-order chi connectivity index (χ0) is 13.9. The van der Waals surface area contributed by atoms with Crippen LogP contribution in [0.5, 0.6) is 0 Å². The van der Waals surface area contributed by atoms with Crippen LogP contribution in [0.25, 0.3) is 10.9 Å². The third-order valence-electron chi connectivity index (χ3n) is 4.40. The SMILES string of the molecule is CCNCC1CCN(C)C1c1ccc2ncccc2c1. The normalized spacial score (nSPS) is 23.5. The van der Waals surface area contributed by atoms with Gasteiger partial charge in [-0.05, 0) is 62.8 Å². The molecule has 2 atom stereocenters. The second-order valence-electron chi connectivity index (χ2n) is 5.74. The van der Waals surface area contributed by atoms with E-state index in [0.29, 0.717) is 12.0 Å². The molecule has 0 saturated carbocycles. The Morgan fingerprint density at radius 3 is 3.10 bits per heavy atom. The molecular formula is C17H23N3. The van der Waals surface area contributed by atoms with Crippen LogP contribution in [0.15, 0.2) is 36.5 Å². The van der Waals surface area contributed by atoms with Gasteiger partial charge in [0.1, 0.15) is 0 Å². The van der Waals surface area contributed by atoms with E-state index in [9.17, 15) is 0 Å². The highest BCUT2D eigenvalue weighted by Crippen LogP contribution is 2.36. The smallest absolute Gasteiger partial charge is 0.0702 e. The van der Waals surface area contributed by atoms with Crippen molar-refractivity contribution < 1.29 is 0 Å². The van der Waals surface area contributed by atoms with Crippen LogP contribution in [0.3, 0.4) is 0 Å². The zero-order valence-electron chi connectivity index (χ0n) is 12.3. The summed E-state index contributed by atoms with van der Waals surface area (Å²) < 4.78 is 0. The molecule has 3 rings (SSSR count). The molecule has 3 nitrogen and oxygen atoms in total. The maximum absolute atomic E-state index is 4.41. The molecule has 0 aliphatic carbocycles. The van der Waals surface area contributed by atoms with Crippen LogP contribution in [0.4, 0.5) is 0 Å². The van der Waals surface area contributed by atoms with E-state index in [-0.39, 0.29) is 0 Å². The average Bonchev–Trinajstić information content (AvgIpc) is 2.85. The van der Waals surface area contributed by atoms with Crippen molar-refractivity contribution in [2.24, 2.45) is 5.92 Å². The molecular weight excluding hydrogens is 246 g/mol. The van der Waals surface area contributed by atoms with Gasteiger partial charge in [0.2, 0.25) is 0 Å². The van der Waals surface area contributed by atoms with Crippen molar-refractivity contribution in [1.29, 1.82) is 0 Å². The van der Waals surface area contributed by atoms with Crippen molar-refractivity contribution in [2.45, 2.75) is 19.4 Å². The van der Waals surface area contributed by atoms with Crippen molar-refractivity contribution in [3.05, 3.63) is 42.1 Å². The Balaban J connectivity index is 1.91. The highest BCUT2D eigenvalue weighted by Gasteiger charge is 2.32. The van der Waals surface area contributed by atoms with Gasteiger partial charge < -0.3 is 5.32 Å². The molecule has 2 unspecified atom stereocenters. The fourth-order valence-electron chi connectivity index (χ4n) is 3.37. The van der Waals surface area contributed by atoms with E-state index in [2.05, 4.69) is 53.4 Å². The van der Waals surface area contributed by atoms with Crippen LogP contribution in [-0.2, 0) is 0 Å². The van der Waals surface area contributed by atoms with Crippen molar-refractivity contribution in [3.63, 3.8) is 0 Å². The molecule has 3 heteroatoms. The average molecular weight is 269 g/mol. The minimum atomic E-state index is 0.527. The number of hydrogen-bond donors (Lipinski definition) is 1. The second-order valence-corrected chi connectivity index (χ2v) is 5.74. The summed E-state index contributed by atoms with van der Waals surface area (Å²) >= 11 is 0. The Kier molecular flexibility index (Phi) is 3.99. The lowest BCUT2D eigenvalue weighted by atomic mass is 9.93. The van der Waals surface area contributed by atoms with E-state index in [1.165, 1.54) is 23.9 Å². The van der Waals surface area contributed by atoms with E-state index >= 15 is 0 Å². The maximum Gasteiger partial charge on any atom is 0.0702 e. The summed E-state index contributed by atoms with van der Waals surface area (Å²) in [5.74, 6) is 0.703. The third-order valence-corrected chi connectivity index (χ3v) is 4.40. The first kappa shape index (κ1) is 13.5. The number of nitrogens with one attached hydrogen (secondary N) is 1. The lowest BCUT2D eigenvalue weighted by molar-refractivity contribution is 0.273. The molecule has 1 fully saturated rings. The fourth-order valence-corrected chi connectivity index (χ4v) is 3.37. The molecule has 0 amide bonds. The summed E-state index contributed by atoms with van der Waals surface area (Å²) in [5.41, 5.74) is 2.51. The predicted octanol–water partition coefficient (Wildman–Crippen LogP) is 2.84. The molecule has 1 aromatic carbocycles. The first-order valence-electron chi connectivity index (χ1n) is 7.55. The Morgan fingerprint density at radius 1 is 1.35 bits per heavy atom. The number of likely N-dealkylation sites (tertiary alicyclic amines) is 1. The summed E-state index contributed by atoms with van der Waals surface area (Å²) in [6, 6.07) is 11.4. The number of fused-ring (bicyclic) bond motifs is 1. The van der Waals surface area contributed by atoms with Gasteiger partial charge in [-0.2, -0.15) is 0 Å². The molecule has 106 valence electrons. The van der Waals surface area contributed by atoms with E-state index in [0.717, 1.165) is 18.6 Å². The molecule has 1 saturated heterocycles. The highest BCUT2D eigenvalue weighted by molar-refractivity contribution is 5.79. The number of pyridine rings is 1. The van der Waals surface area contributed by atoms with Crippen LogP contribution >= 0.6 is 0 Å². The largest absolute Gasteiger partial charge is 0.317 e. The molecule has 2 heterocycles. The molecule has 0 radical (unpaired) electrons. The summed E-state index contributed by atoms with van der Waals surface area (Å²) in [7, 11) is 2.24. The van der Waals surface area contributed by atoms with E-state index in [1.54, 1.807) is 0 Å². The molecule has 1 aliphatic rings. The van der Waals surface area contributed by atoms with Crippen LogP contribution in [0, 0.1) is 5.92 Å². The van der Waals surface area contributed by atoms with Gasteiger partial charge in [-0.15, -0.1) is 0 Å². The van der Waals surface area contributed by atoms with Gasteiger partial charge in [0, 0.05) is 17.6 Å². The lowest BCUT2D eigenvalue weighted by Crippen LogP contribution is -2.28. The van der Waals surface area contributed by atoms with Crippen LogP contribution in [0.2, 0.25) is 0 Å². The van der Waals surface area contributed by atoms with Gasteiger partial charge in [0.15, 0.2) is 0 Å². The van der Waals surface area contributed by atoms with Gasteiger partial charge in [-0.25, -0.2) is 0 Å². The standard InChI is InChI=1S/C17H23N3/c1-3-18-12-15-8-10-20(2)17(15)14-6-7-16-13(11-14)5-4-9-19-16/h4-7,9,11,15,17-18H,3,8,10,12H2,1-2H3. The maximum atomic E-state index is 4.41. The minimum absolute atomic E-state index is 0.527. The van der Waals surface area contributed by atoms with Gasteiger partial charge in [0.25, 0.3) is 0 Å². The topological polar surface area (TPSA) is 28.2 Å². The summed E-state index contributed by atoms with van der Waals surface area (Å²) in [6.07, 6.45) is 3.14. The second kappa shape index (κ2) is 5.90. The molecule has 1 aromatic heterocycles. The van der Waals surface area contributed by atoms with Gasteiger partial charge in [0.05, 0.1) is 5.52 Å². The number of nitrogens with zero attached hydrogens (tertiary/aromatic N) is 2. The molecule has 2 aromatic rings. The number of benzene rings is 1. The predicted molar refractivity (Wildman–Crippen MR) is 83.8 cm³/mol. The van der Waals surface area contributed by atoms with E-state index in [1.807, 2.05) is 12.3 Å². The quantitative estimate of drug-likeness (QED) is 0.925. The Morgan fingerprint density at radius 2 is 2.25 bits per heavy atom. The monoisotopic (exact) mass is 269 g/mol. The van der Waals surface area contributed by atoms with Gasteiger partial charge in [-0.1, -0.05) is 19.1 Å². The molecule has 0 spiro atoms. The Bertz CT molecular complexity index is 581. The van der Waals surface area contributed by atoms with Crippen LogP contribution in [0.1, 0.15) is 24.9 Å². The van der Waals surface area contributed by atoms with Crippen molar-refractivity contribution in [3.8, 4) is 0 Å². The first-order valence-corrected chi connectivity index (χ1v) is 7.55. The van der Waals surface area contributed by atoms with Crippen molar-refractivity contribution in [1.82, 2.24) is 15.2 Å². The first-order chi connectivity index (χ1) is 9.79. The van der Waals surface area contributed by atoms with Crippen LogP contribution in [-0.4, -0.2) is 36.6 Å². The summed E-state index contributed by atoms with van der Waals surface area (Å²) in [5, 5.41) is 4.75. The van der Waals surface area contributed by atoms with E-state index in [4.69, 9.17) is 0 Å². The fraction of sp³-hybridized carbons (Fsp3) is 0.471. The molecule has 0 bridgehead atoms. The number of aromatic nitrogens is 1. The van der Waals surface area contributed by atoms with Crippen LogP contribution < -0.4 is 5.32 Å². The molecule has 1 N–H and O–H groups in total. The van der Waals surface area contributed by atoms with Gasteiger partial charge >= 0.3 is 0 Å². The molecule has 20 heavy (non-hydrogen) atoms. The minimum Gasteiger partial charge on any atom is -0.317 e. The van der Waals surface area contributed by atoms with Gasteiger partial charge in [-0.3, -0.25) is 9.88 Å². The summed E-state index contributed by atoms with van der Waals surface area (Å²) in [6.45, 7) is 5.52. The Labute approximate surface area is 121 Å². The van der Waals surface area contributed by atoms with Crippen molar-refractivity contribution in [2.75, 3.05) is 26.7 Å². The Hall–Kier alpha value is -1.45. The zero-order valence-corrected chi connectivity index (χ0v) is 12.3. The third kappa shape index (κ3) is 2.56. The van der Waals surface area contributed by atoms with E-state index < -0.39 is 0 Å². The summed E-state index contributed by atoms with van der Waals surface area (Å²) in [4.78, 5) is 6.90. The number of rotatable bonds is 4. The lowest BCUT2D eigenvalue weighted by Gasteiger charge is -2.26. The van der Waals surface area contributed by atoms with Crippen molar-refractivity contribution >= 4 is 10.9 Å². The highest BCUT2D eigenvalue weighted by atomic mass is 15.2. The number of hydrogen-bond acceptors (Lipinski definition) is 3.